The number of unbranched alkanes of at least 4 members (excludes halogenated alkanes) is 3. The number of amides is 2. The fourth-order valence-electron chi connectivity index (χ4n) is 4.46. The molecule has 2 N–H and O–H groups in total. The molecule has 0 bridgehead atoms. The van der Waals surface area contributed by atoms with Gasteiger partial charge in [-0.05, 0) is 49.5 Å². The summed E-state index contributed by atoms with van der Waals surface area (Å²) in [5.41, 5.74) is 1.20. The average molecular weight is 415 g/mol. The van der Waals surface area contributed by atoms with Crippen molar-refractivity contribution in [3.63, 3.8) is 0 Å². The van der Waals surface area contributed by atoms with E-state index in [0.717, 1.165) is 38.0 Å². The van der Waals surface area contributed by atoms with Crippen LogP contribution >= 0.6 is 0 Å². The van der Waals surface area contributed by atoms with Gasteiger partial charge in [-0.1, -0.05) is 83.2 Å². The summed E-state index contributed by atoms with van der Waals surface area (Å²) in [6, 6.07) is 9.68. The zero-order valence-corrected chi connectivity index (χ0v) is 19.3. The van der Waals surface area contributed by atoms with E-state index in [1.54, 1.807) is 0 Å². The van der Waals surface area contributed by atoms with Crippen molar-refractivity contribution in [1.82, 2.24) is 10.6 Å². The second-order valence-corrected chi connectivity index (χ2v) is 9.32. The molecular weight excluding hydrogens is 372 g/mol. The number of benzene rings is 1. The molecular formula is C26H42N2O2. The summed E-state index contributed by atoms with van der Waals surface area (Å²) in [6.45, 7) is 6.83. The van der Waals surface area contributed by atoms with E-state index in [9.17, 15) is 9.59 Å². The molecule has 0 radical (unpaired) electrons. The maximum atomic E-state index is 12.8. The van der Waals surface area contributed by atoms with Gasteiger partial charge >= 0.3 is 0 Å². The Hall–Kier alpha value is -1.84. The zero-order chi connectivity index (χ0) is 21.8. The summed E-state index contributed by atoms with van der Waals surface area (Å²) in [4.78, 5) is 25.5. The smallest absolute Gasteiger partial charge is 0.242 e. The zero-order valence-electron chi connectivity index (χ0n) is 19.3. The molecule has 0 spiro atoms. The van der Waals surface area contributed by atoms with Crippen LogP contribution < -0.4 is 10.6 Å². The number of hydrogen-bond acceptors (Lipinski definition) is 2. The van der Waals surface area contributed by atoms with Gasteiger partial charge in [0.15, 0.2) is 0 Å². The second kappa shape index (κ2) is 13.5. The number of carbonyl (C=O) groups excluding carboxylic acids is 2. The van der Waals surface area contributed by atoms with Crippen LogP contribution in [0.25, 0.3) is 0 Å². The van der Waals surface area contributed by atoms with Gasteiger partial charge in [-0.15, -0.1) is 0 Å². The molecule has 0 aliphatic heterocycles. The highest BCUT2D eigenvalue weighted by molar-refractivity contribution is 5.88. The van der Waals surface area contributed by atoms with Crippen LogP contribution in [0, 0.1) is 17.8 Å². The monoisotopic (exact) mass is 414 g/mol. The van der Waals surface area contributed by atoms with Gasteiger partial charge in [0.25, 0.3) is 0 Å². The molecule has 4 nitrogen and oxygen atoms in total. The lowest BCUT2D eigenvalue weighted by atomic mass is 9.79. The van der Waals surface area contributed by atoms with Crippen molar-refractivity contribution in [1.29, 1.82) is 0 Å². The van der Waals surface area contributed by atoms with Crippen LogP contribution in [0.15, 0.2) is 30.3 Å². The summed E-state index contributed by atoms with van der Waals surface area (Å²) in [7, 11) is 0. The molecule has 1 aromatic rings. The maximum absolute atomic E-state index is 12.8. The van der Waals surface area contributed by atoms with Gasteiger partial charge in [-0.3, -0.25) is 9.59 Å². The lowest BCUT2D eigenvalue weighted by molar-refractivity contribution is -0.132. The van der Waals surface area contributed by atoms with Crippen molar-refractivity contribution in [3.8, 4) is 0 Å². The van der Waals surface area contributed by atoms with Crippen LogP contribution in [0.5, 0.6) is 0 Å². The summed E-state index contributed by atoms with van der Waals surface area (Å²) in [6.07, 6.45) is 11.6. The Morgan fingerprint density at radius 3 is 2.33 bits per heavy atom. The van der Waals surface area contributed by atoms with E-state index in [4.69, 9.17) is 0 Å². The third-order valence-electron chi connectivity index (χ3n) is 6.49. The summed E-state index contributed by atoms with van der Waals surface area (Å²) in [5.74, 6) is 0.916. The molecule has 1 saturated carbocycles. The van der Waals surface area contributed by atoms with E-state index in [-0.39, 0.29) is 23.7 Å². The van der Waals surface area contributed by atoms with Crippen molar-refractivity contribution in [2.75, 3.05) is 6.54 Å². The highest BCUT2D eigenvalue weighted by Gasteiger charge is 2.30. The normalized spacial score (nSPS) is 20.0. The van der Waals surface area contributed by atoms with Gasteiger partial charge < -0.3 is 10.6 Å². The molecule has 1 aliphatic rings. The molecule has 4 heteroatoms. The quantitative estimate of drug-likeness (QED) is 0.458. The van der Waals surface area contributed by atoms with E-state index in [0.29, 0.717) is 6.54 Å². The van der Waals surface area contributed by atoms with E-state index < -0.39 is 6.04 Å². The van der Waals surface area contributed by atoms with Crippen LogP contribution in [0.4, 0.5) is 0 Å². The summed E-state index contributed by atoms with van der Waals surface area (Å²) < 4.78 is 0. The SMILES string of the molecule is CCCCCCC1CCC(C(=O)N[C@@H](C(=O)NCCc2ccccc2)C(C)C)CC1. The molecule has 2 rings (SSSR count). The third-order valence-corrected chi connectivity index (χ3v) is 6.49. The standard InChI is InChI=1S/C26H42N2O2/c1-4-5-6-8-13-22-14-16-23(17-15-22)25(29)28-24(20(2)3)26(30)27-19-18-21-11-9-7-10-12-21/h7,9-12,20,22-24H,4-6,8,13-19H2,1-3H3,(H,27,30)(H,28,29)/t22?,23?,24-/m1/s1. The van der Waals surface area contributed by atoms with Crippen molar-refractivity contribution in [3.05, 3.63) is 35.9 Å². The molecule has 2 amide bonds. The Morgan fingerprint density at radius 2 is 1.70 bits per heavy atom. The minimum absolute atomic E-state index is 0.0651. The van der Waals surface area contributed by atoms with Crippen molar-refractivity contribution < 1.29 is 9.59 Å². The Balaban J connectivity index is 1.73. The molecule has 0 aromatic heterocycles. The molecule has 1 aliphatic carbocycles. The van der Waals surface area contributed by atoms with Crippen LogP contribution in [-0.2, 0) is 16.0 Å². The van der Waals surface area contributed by atoms with Gasteiger partial charge in [0.2, 0.25) is 11.8 Å². The van der Waals surface area contributed by atoms with Gasteiger partial charge in [-0.2, -0.15) is 0 Å². The van der Waals surface area contributed by atoms with Crippen LogP contribution in [0.1, 0.15) is 84.1 Å². The Labute approximate surface area is 183 Å². The molecule has 1 fully saturated rings. The second-order valence-electron chi connectivity index (χ2n) is 9.32. The predicted octanol–water partition coefficient (Wildman–Crippen LogP) is 5.26. The van der Waals surface area contributed by atoms with Gasteiger partial charge in [0.1, 0.15) is 6.04 Å². The maximum Gasteiger partial charge on any atom is 0.242 e. The number of rotatable bonds is 12. The number of hydrogen-bond donors (Lipinski definition) is 2. The molecule has 1 aromatic carbocycles. The largest absolute Gasteiger partial charge is 0.354 e. The molecule has 30 heavy (non-hydrogen) atoms. The number of carbonyl (C=O) groups is 2. The molecule has 1 atom stereocenters. The van der Waals surface area contributed by atoms with Crippen molar-refractivity contribution >= 4 is 11.8 Å². The van der Waals surface area contributed by atoms with Crippen molar-refractivity contribution in [2.24, 2.45) is 17.8 Å². The highest BCUT2D eigenvalue weighted by Crippen LogP contribution is 2.32. The fourth-order valence-corrected chi connectivity index (χ4v) is 4.46. The highest BCUT2D eigenvalue weighted by atomic mass is 16.2. The van der Waals surface area contributed by atoms with Crippen LogP contribution in [0.3, 0.4) is 0 Å². The number of nitrogens with one attached hydrogen (secondary N) is 2. The lowest BCUT2D eigenvalue weighted by Gasteiger charge is -2.30. The molecule has 168 valence electrons. The fraction of sp³-hybridized carbons (Fsp3) is 0.692. The first-order valence-corrected chi connectivity index (χ1v) is 12.1. The Morgan fingerprint density at radius 1 is 1.00 bits per heavy atom. The first kappa shape index (κ1) is 24.4. The lowest BCUT2D eigenvalue weighted by Crippen LogP contribution is -2.51. The van der Waals surface area contributed by atoms with E-state index >= 15 is 0 Å². The van der Waals surface area contributed by atoms with Gasteiger partial charge in [0.05, 0.1) is 0 Å². The summed E-state index contributed by atoms with van der Waals surface area (Å²) >= 11 is 0. The van der Waals surface area contributed by atoms with Crippen LogP contribution in [0.2, 0.25) is 0 Å². The first-order chi connectivity index (χ1) is 14.5. The topological polar surface area (TPSA) is 58.2 Å². The van der Waals surface area contributed by atoms with E-state index in [2.05, 4.69) is 29.7 Å². The van der Waals surface area contributed by atoms with Crippen molar-refractivity contribution in [2.45, 2.75) is 91.0 Å². The van der Waals surface area contributed by atoms with Gasteiger partial charge in [-0.25, -0.2) is 0 Å². The van der Waals surface area contributed by atoms with E-state index in [1.807, 2.05) is 32.0 Å². The van der Waals surface area contributed by atoms with Gasteiger partial charge in [0, 0.05) is 12.5 Å². The molecule has 0 unspecified atom stereocenters. The van der Waals surface area contributed by atoms with E-state index in [1.165, 1.54) is 37.7 Å². The minimum Gasteiger partial charge on any atom is -0.354 e. The Bertz CT molecular complexity index is 621. The summed E-state index contributed by atoms with van der Waals surface area (Å²) in [5, 5.41) is 6.07. The predicted molar refractivity (Wildman–Crippen MR) is 124 cm³/mol. The van der Waals surface area contributed by atoms with Crippen LogP contribution in [-0.4, -0.2) is 24.4 Å². The molecule has 0 saturated heterocycles. The minimum atomic E-state index is -0.458. The molecule has 0 heterocycles. The third kappa shape index (κ3) is 8.49. The Kier molecular flexibility index (Phi) is 11.0. The average Bonchev–Trinajstić information content (AvgIpc) is 2.75. The first-order valence-electron chi connectivity index (χ1n) is 12.1.